The molecule has 1 rings (SSSR count). The molecule has 0 bridgehead atoms. The summed E-state index contributed by atoms with van der Waals surface area (Å²) >= 11 is 0. The van der Waals surface area contributed by atoms with Crippen LogP contribution < -0.4 is 0 Å². The molecule has 0 atom stereocenters. The fourth-order valence-corrected chi connectivity index (χ4v) is 1.04. The Kier molecular flexibility index (Phi) is 2.46. The van der Waals surface area contributed by atoms with E-state index in [9.17, 15) is 5.11 Å². The van der Waals surface area contributed by atoms with Gasteiger partial charge in [-0.15, -0.1) is 0 Å². The van der Waals surface area contributed by atoms with Crippen molar-refractivity contribution in [2.24, 2.45) is 0 Å². The predicted octanol–water partition coefficient (Wildman–Crippen LogP) is 2.18. The summed E-state index contributed by atoms with van der Waals surface area (Å²) in [4.78, 5) is 0. The second kappa shape index (κ2) is 3.37. The highest BCUT2D eigenvalue weighted by Gasteiger charge is 1.95. The third kappa shape index (κ3) is 1.36. The molecule has 1 aromatic rings. The van der Waals surface area contributed by atoms with Crippen LogP contribution in [0.25, 0.3) is 0 Å². The molecule has 10 heavy (non-hydrogen) atoms. The van der Waals surface area contributed by atoms with Crippen LogP contribution in [0, 0.1) is 0 Å². The van der Waals surface area contributed by atoms with Crippen molar-refractivity contribution in [2.75, 3.05) is 0 Å². The van der Waals surface area contributed by atoms with Crippen molar-refractivity contribution < 1.29 is 5.11 Å². The van der Waals surface area contributed by atoms with E-state index in [1.807, 2.05) is 24.3 Å². The maximum absolute atomic E-state index is 10.5. The maximum Gasteiger partial charge on any atom is 0.108 e. The molecule has 0 saturated heterocycles. The smallest absolute Gasteiger partial charge is 0.108 e. The summed E-state index contributed by atoms with van der Waals surface area (Å²) in [6.07, 6.45) is 0.957. The Labute approximate surface area is 61.3 Å². The van der Waals surface area contributed by atoms with Gasteiger partial charge in [-0.3, -0.25) is 0 Å². The zero-order chi connectivity index (χ0) is 7.40. The highest BCUT2D eigenvalue weighted by Crippen LogP contribution is 2.08. The minimum absolute atomic E-state index is 0.0932. The first-order valence-corrected chi connectivity index (χ1v) is 3.53. The van der Waals surface area contributed by atoms with E-state index < -0.39 is 0 Å². The van der Waals surface area contributed by atoms with E-state index in [1.54, 1.807) is 0 Å². The van der Waals surface area contributed by atoms with Crippen LogP contribution in [0.4, 0.5) is 0 Å². The number of hydrogen-bond acceptors (Lipinski definition) is 0. The summed E-state index contributed by atoms with van der Waals surface area (Å²) in [6, 6.07) is 7.78. The minimum Gasteiger partial charge on any atom is -0.232 e. The van der Waals surface area contributed by atoms with Crippen LogP contribution in [0.15, 0.2) is 24.3 Å². The monoisotopic (exact) mass is 135 g/mol. The molecule has 0 aliphatic carbocycles. The van der Waals surface area contributed by atoms with Crippen molar-refractivity contribution in [1.29, 1.82) is 0 Å². The Morgan fingerprint density at radius 2 is 1.80 bits per heavy atom. The van der Waals surface area contributed by atoms with Gasteiger partial charge in [-0.25, -0.2) is 5.11 Å². The predicted molar refractivity (Wildman–Crippen MR) is 40.2 cm³/mol. The van der Waals surface area contributed by atoms with Gasteiger partial charge in [-0.05, 0) is 17.5 Å². The first kappa shape index (κ1) is 7.29. The van der Waals surface area contributed by atoms with Crippen molar-refractivity contribution in [3.63, 3.8) is 0 Å². The molecule has 1 heteroatoms. The van der Waals surface area contributed by atoms with Gasteiger partial charge in [0.2, 0.25) is 0 Å². The van der Waals surface area contributed by atoms with E-state index in [4.69, 9.17) is 0 Å². The van der Waals surface area contributed by atoms with Gasteiger partial charge in [0, 0.05) is 0 Å². The van der Waals surface area contributed by atoms with Crippen molar-refractivity contribution in [1.82, 2.24) is 0 Å². The molecule has 0 fully saturated rings. The average molecular weight is 135 g/mol. The number of benzene rings is 1. The Morgan fingerprint density at radius 3 is 2.20 bits per heavy atom. The topological polar surface area (TPSA) is 19.9 Å². The lowest BCUT2D eigenvalue weighted by atomic mass is 10.1. The summed E-state index contributed by atoms with van der Waals surface area (Å²) in [7, 11) is 0. The van der Waals surface area contributed by atoms with E-state index in [0.717, 1.165) is 12.0 Å². The van der Waals surface area contributed by atoms with Crippen LogP contribution in [0.1, 0.15) is 18.1 Å². The summed E-state index contributed by atoms with van der Waals surface area (Å²) in [5.41, 5.74) is 2.11. The quantitative estimate of drug-likeness (QED) is 0.592. The van der Waals surface area contributed by atoms with E-state index in [2.05, 4.69) is 6.92 Å². The highest BCUT2D eigenvalue weighted by molar-refractivity contribution is 5.25. The Hall–Kier alpha value is -0.820. The molecule has 0 unspecified atom stereocenters. The molecular weight excluding hydrogens is 124 g/mol. The van der Waals surface area contributed by atoms with Crippen LogP contribution in [0.3, 0.4) is 0 Å². The molecule has 0 heterocycles. The number of hydrogen-bond donors (Lipinski definition) is 0. The fourth-order valence-electron chi connectivity index (χ4n) is 1.04. The summed E-state index contributed by atoms with van der Waals surface area (Å²) in [6.45, 7) is 1.97. The zero-order valence-corrected chi connectivity index (χ0v) is 6.13. The first-order valence-electron chi connectivity index (χ1n) is 3.53. The molecule has 0 aromatic heterocycles. The van der Waals surface area contributed by atoms with Gasteiger partial charge >= 0.3 is 0 Å². The van der Waals surface area contributed by atoms with Gasteiger partial charge in [0.25, 0.3) is 0 Å². The Bertz CT molecular complexity index is 183. The standard InChI is InChI=1S/C9H11O/c1-2-8-5-3-4-6-9(8)7-10/h3-6H,2,7H2,1H3. The number of aryl methyl sites for hydroxylation is 1. The third-order valence-electron chi connectivity index (χ3n) is 1.65. The lowest BCUT2D eigenvalue weighted by Crippen LogP contribution is -1.89. The van der Waals surface area contributed by atoms with Gasteiger partial charge in [0.15, 0.2) is 0 Å². The lowest BCUT2D eigenvalue weighted by molar-refractivity contribution is 0.177. The van der Waals surface area contributed by atoms with Gasteiger partial charge < -0.3 is 0 Å². The average Bonchev–Trinajstić information content (AvgIpc) is 2.04. The third-order valence-corrected chi connectivity index (χ3v) is 1.65. The van der Waals surface area contributed by atoms with Gasteiger partial charge in [0.05, 0.1) is 0 Å². The van der Waals surface area contributed by atoms with Crippen LogP contribution >= 0.6 is 0 Å². The lowest BCUT2D eigenvalue weighted by Gasteiger charge is -2.00. The van der Waals surface area contributed by atoms with Gasteiger partial charge in [-0.2, -0.15) is 0 Å². The molecule has 0 amide bonds. The molecule has 0 aliphatic rings. The zero-order valence-electron chi connectivity index (χ0n) is 6.13. The van der Waals surface area contributed by atoms with E-state index >= 15 is 0 Å². The van der Waals surface area contributed by atoms with Crippen molar-refractivity contribution in [3.8, 4) is 0 Å². The van der Waals surface area contributed by atoms with Crippen LogP contribution in [0.2, 0.25) is 0 Å². The fraction of sp³-hybridized carbons (Fsp3) is 0.333. The first-order chi connectivity index (χ1) is 4.88. The highest BCUT2D eigenvalue weighted by atomic mass is 16.3. The second-order valence-corrected chi connectivity index (χ2v) is 2.27. The minimum atomic E-state index is -0.0932. The van der Waals surface area contributed by atoms with Crippen LogP contribution in [-0.2, 0) is 18.1 Å². The van der Waals surface area contributed by atoms with Crippen molar-refractivity contribution in [3.05, 3.63) is 35.4 Å². The van der Waals surface area contributed by atoms with E-state index in [-0.39, 0.29) is 6.61 Å². The van der Waals surface area contributed by atoms with Crippen molar-refractivity contribution in [2.45, 2.75) is 20.0 Å². The largest absolute Gasteiger partial charge is 0.232 e. The van der Waals surface area contributed by atoms with Gasteiger partial charge in [-0.1, -0.05) is 31.2 Å². The van der Waals surface area contributed by atoms with E-state index in [1.165, 1.54) is 5.56 Å². The molecule has 1 radical (unpaired) electrons. The molecule has 1 aromatic carbocycles. The number of rotatable bonds is 2. The maximum atomic E-state index is 10.5. The normalized spacial score (nSPS) is 9.80. The van der Waals surface area contributed by atoms with Crippen LogP contribution in [0.5, 0.6) is 0 Å². The molecular formula is C9H11O. The SMILES string of the molecule is CCc1ccccc1C[O]. The molecule has 0 saturated carbocycles. The molecule has 0 aliphatic heterocycles. The molecule has 0 N–H and O–H groups in total. The Morgan fingerprint density at radius 1 is 1.20 bits per heavy atom. The van der Waals surface area contributed by atoms with Crippen molar-refractivity contribution >= 4 is 0 Å². The van der Waals surface area contributed by atoms with Crippen LogP contribution in [-0.4, -0.2) is 0 Å². The molecule has 53 valence electrons. The summed E-state index contributed by atoms with van der Waals surface area (Å²) in [5.74, 6) is 0. The Balaban J connectivity index is 2.96. The summed E-state index contributed by atoms with van der Waals surface area (Å²) in [5, 5.41) is 10.5. The van der Waals surface area contributed by atoms with E-state index in [0.29, 0.717) is 0 Å². The second-order valence-electron chi connectivity index (χ2n) is 2.27. The summed E-state index contributed by atoms with van der Waals surface area (Å²) < 4.78 is 0. The molecule has 0 spiro atoms. The molecule has 1 nitrogen and oxygen atoms in total. The van der Waals surface area contributed by atoms with Gasteiger partial charge in [0.1, 0.15) is 6.61 Å².